The third-order valence-corrected chi connectivity index (χ3v) is 7.68. The number of hydrogen-bond donors (Lipinski definition) is 1. The van der Waals surface area contributed by atoms with Gasteiger partial charge in [0, 0.05) is 68.1 Å². The largest absolute Gasteiger partial charge is 0.383 e. The van der Waals surface area contributed by atoms with Gasteiger partial charge < -0.3 is 14.6 Å². The fraction of sp³-hybridized carbons (Fsp3) is 0.481. The lowest BCUT2D eigenvalue weighted by Gasteiger charge is -2.28. The highest BCUT2D eigenvalue weighted by Crippen LogP contribution is 2.38. The topological polar surface area (TPSA) is 81.0 Å². The van der Waals surface area contributed by atoms with Crippen molar-refractivity contribution in [2.75, 3.05) is 32.1 Å². The molecule has 5 heterocycles. The lowest BCUT2D eigenvalue weighted by atomic mass is 9.87. The summed E-state index contributed by atoms with van der Waals surface area (Å²) >= 11 is 0. The molecule has 0 atom stereocenters. The maximum absolute atomic E-state index is 5.23. The third-order valence-electron chi connectivity index (χ3n) is 7.68. The number of methoxy groups -OCH3 is 1. The zero-order valence-corrected chi connectivity index (χ0v) is 20.6. The first kappa shape index (κ1) is 22.4. The highest BCUT2D eigenvalue weighted by Gasteiger charge is 2.25. The van der Waals surface area contributed by atoms with E-state index in [9.17, 15) is 0 Å². The molecule has 1 saturated carbocycles. The lowest BCUT2D eigenvalue weighted by Crippen LogP contribution is -2.33. The molecule has 4 aromatic heterocycles. The van der Waals surface area contributed by atoms with Crippen LogP contribution in [0.5, 0.6) is 0 Å². The Balaban J connectivity index is 1.30. The summed E-state index contributed by atoms with van der Waals surface area (Å²) in [6, 6.07) is 6.74. The molecule has 0 amide bonds. The van der Waals surface area contributed by atoms with E-state index in [2.05, 4.69) is 43.8 Å². The van der Waals surface area contributed by atoms with Crippen LogP contribution in [0.3, 0.4) is 0 Å². The van der Waals surface area contributed by atoms with Crippen LogP contribution >= 0.6 is 0 Å². The predicted molar refractivity (Wildman–Crippen MR) is 138 cm³/mol. The lowest BCUT2D eigenvalue weighted by molar-refractivity contribution is 0.140. The summed E-state index contributed by atoms with van der Waals surface area (Å²) < 4.78 is 7.64. The summed E-state index contributed by atoms with van der Waals surface area (Å²) in [5.74, 6) is 2.18. The number of pyridine rings is 2. The molecule has 1 aliphatic heterocycles. The van der Waals surface area contributed by atoms with Crippen molar-refractivity contribution in [1.29, 1.82) is 0 Å². The van der Waals surface area contributed by atoms with Gasteiger partial charge >= 0.3 is 0 Å². The van der Waals surface area contributed by atoms with E-state index in [4.69, 9.17) is 14.7 Å². The van der Waals surface area contributed by atoms with Crippen molar-refractivity contribution in [3.05, 3.63) is 48.0 Å². The molecular weight excluding hydrogens is 438 g/mol. The van der Waals surface area contributed by atoms with Crippen molar-refractivity contribution in [2.45, 2.75) is 51.6 Å². The molecule has 35 heavy (non-hydrogen) atoms. The Labute approximate surface area is 205 Å². The molecule has 1 N–H and O–H groups in total. The maximum atomic E-state index is 5.23. The Morgan fingerprint density at radius 2 is 1.94 bits per heavy atom. The van der Waals surface area contributed by atoms with E-state index in [0.717, 1.165) is 66.6 Å². The SMILES string of the molecule is COCCN1CCc2nc(Nc3ncc4c5ccncc5n(C5CCC(C)CC5)c4n3)ccc2C1. The van der Waals surface area contributed by atoms with Crippen LogP contribution in [0.1, 0.15) is 49.9 Å². The molecular formula is C27H33N7O. The zero-order chi connectivity index (χ0) is 23.8. The van der Waals surface area contributed by atoms with Crippen LogP contribution < -0.4 is 5.32 Å². The molecule has 0 radical (unpaired) electrons. The minimum absolute atomic E-state index is 0.445. The number of nitrogens with zero attached hydrogens (tertiary/aromatic N) is 6. The molecule has 0 spiro atoms. The monoisotopic (exact) mass is 471 g/mol. The number of ether oxygens (including phenoxy) is 1. The minimum atomic E-state index is 0.445. The Bertz CT molecular complexity index is 1340. The van der Waals surface area contributed by atoms with E-state index in [1.165, 1.54) is 36.6 Å². The first-order valence-electron chi connectivity index (χ1n) is 12.8. The van der Waals surface area contributed by atoms with Crippen LogP contribution in [0, 0.1) is 5.92 Å². The van der Waals surface area contributed by atoms with E-state index in [-0.39, 0.29) is 0 Å². The van der Waals surface area contributed by atoms with Gasteiger partial charge in [0.15, 0.2) is 0 Å². The van der Waals surface area contributed by atoms with Gasteiger partial charge in [-0.25, -0.2) is 9.97 Å². The number of aromatic nitrogens is 5. The molecule has 1 aliphatic carbocycles. The van der Waals surface area contributed by atoms with Gasteiger partial charge in [-0.2, -0.15) is 4.98 Å². The molecule has 1 fully saturated rings. The standard InChI is InChI=1S/C27H33N7O/c1-18-3-6-20(7-4-18)34-24-16-28-11-9-21(24)22-15-29-27(32-26(22)34)31-25-8-5-19-17-33(13-14-35-2)12-10-23(19)30-25/h5,8-9,11,15-16,18,20H,3-4,6-7,10,12-14,17H2,1-2H3,(H,29,30,31,32). The molecule has 182 valence electrons. The van der Waals surface area contributed by atoms with Crippen LogP contribution in [-0.2, 0) is 17.7 Å². The zero-order valence-electron chi connectivity index (χ0n) is 20.6. The van der Waals surface area contributed by atoms with Gasteiger partial charge in [-0.05, 0) is 49.3 Å². The van der Waals surface area contributed by atoms with Crippen molar-refractivity contribution in [3.63, 3.8) is 0 Å². The Morgan fingerprint density at radius 3 is 2.80 bits per heavy atom. The fourth-order valence-corrected chi connectivity index (χ4v) is 5.67. The van der Waals surface area contributed by atoms with E-state index >= 15 is 0 Å². The average molecular weight is 472 g/mol. The van der Waals surface area contributed by atoms with Crippen molar-refractivity contribution >= 4 is 33.7 Å². The summed E-state index contributed by atoms with van der Waals surface area (Å²) in [5, 5.41) is 5.63. The first-order valence-corrected chi connectivity index (χ1v) is 12.8. The van der Waals surface area contributed by atoms with E-state index in [0.29, 0.717) is 12.0 Å². The van der Waals surface area contributed by atoms with Gasteiger partial charge in [0.25, 0.3) is 0 Å². The summed E-state index contributed by atoms with van der Waals surface area (Å²) in [5.41, 5.74) is 4.57. The quantitative estimate of drug-likeness (QED) is 0.429. The van der Waals surface area contributed by atoms with Crippen molar-refractivity contribution in [3.8, 4) is 0 Å². The second-order valence-corrected chi connectivity index (χ2v) is 10.1. The van der Waals surface area contributed by atoms with Gasteiger partial charge in [0.2, 0.25) is 5.95 Å². The minimum Gasteiger partial charge on any atom is -0.383 e. The predicted octanol–water partition coefficient (Wildman–Crippen LogP) is 4.87. The molecule has 0 saturated heterocycles. The van der Waals surface area contributed by atoms with Crippen LogP contribution in [0.2, 0.25) is 0 Å². The number of rotatable bonds is 6. The molecule has 0 unspecified atom stereocenters. The molecule has 2 aliphatic rings. The Morgan fingerprint density at radius 1 is 1.06 bits per heavy atom. The smallest absolute Gasteiger partial charge is 0.230 e. The highest BCUT2D eigenvalue weighted by molar-refractivity contribution is 6.06. The summed E-state index contributed by atoms with van der Waals surface area (Å²) in [6.07, 6.45) is 11.6. The summed E-state index contributed by atoms with van der Waals surface area (Å²) in [7, 11) is 1.75. The van der Waals surface area contributed by atoms with Crippen LogP contribution in [-0.4, -0.2) is 56.2 Å². The summed E-state index contributed by atoms with van der Waals surface area (Å²) in [4.78, 5) is 21.4. The van der Waals surface area contributed by atoms with E-state index in [1.54, 1.807) is 7.11 Å². The second-order valence-electron chi connectivity index (χ2n) is 10.1. The normalized spacial score (nSPS) is 20.9. The van der Waals surface area contributed by atoms with Crippen LogP contribution in [0.25, 0.3) is 21.9 Å². The average Bonchev–Trinajstić information content (AvgIpc) is 3.21. The van der Waals surface area contributed by atoms with Gasteiger partial charge in [-0.3, -0.25) is 9.88 Å². The second kappa shape index (κ2) is 9.51. The van der Waals surface area contributed by atoms with E-state index in [1.807, 2.05) is 24.7 Å². The Hall–Kier alpha value is -3.10. The van der Waals surface area contributed by atoms with Gasteiger partial charge in [0.1, 0.15) is 11.5 Å². The molecule has 0 aromatic carbocycles. The van der Waals surface area contributed by atoms with Crippen LogP contribution in [0.4, 0.5) is 11.8 Å². The Kier molecular flexibility index (Phi) is 6.08. The molecule has 6 rings (SSSR count). The molecule has 4 aromatic rings. The van der Waals surface area contributed by atoms with Crippen molar-refractivity contribution < 1.29 is 4.74 Å². The molecule has 0 bridgehead atoms. The van der Waals surface area contributed by atoms with E-state index < -0.39 is 0 Å². The number of nitrogens with one attached hydrogen (secondary N) is 1. The van der Waals surface area contributed by atoms with Crippen molar-refractivity contribution in [2.24, 2.45) is 5.92 Å². The number of hydrogen-bond acceptors (Lipinski definition) is 7. The van der Waals surface area contributed by atoms with Gasteiger partial charge in [0.05, 0.1) is 18.3 Å². The number of anilines is 2. The number of fused-ring (bicyclic) bond motifs is 4. The van der Waals surface area contributed by atoms with Gasteiger partial charge in [-0.1, -0.05) is 13.0 Å². The fourth-order valence-electron chi connectivity index (χ4n) is 5.67. The van der Waals surface area contributed by atoms with Gasteiger partial charge in [-0.15, -0.1) is 0 Å². The molecule has 8 nitrogen and oxygen atoms in total. The molecule has 8 heteroatoms. The van der Waals surface area contributed by atoms with Crippen LogP contribution in [0.15, 0.2) is 36.8 Å². The first-order chi connectivity index (χ1) is 17.2. The maximum Gasteiger partial charge on any atom is 0.230 e. The van der Waals surface area contributed by atoms with Crippen molar-refractivity contribution in [1.82, 2.24) is 29.4 Å². The summed E-state index contributed by atoms with van der Waals surface area (Å²) in [6.45, 7) is 5.99. The highest BCUT2D eigenvalue weighted by atomic mass is 16.5. The third kappa shape index (κ3) is 4.36.